The summed E-state index contributed by atoms with van der Waals surface area (Å²) in [5.74, 6) is 0. The van der Waals surface area contributed by atoms with Crippen LogP contribution in [0.15, 0.2) is 17.5 Å². The van der Waals surface area contributed by atoms with Gasteiger partial charge >= 0.3 is 0 Å². The minimum absolute atomic E-state index is 0.438. The van der Waals surface area contributed by atoms with Crippen LogP contribution in [0.5, 0.6) is 0 Å². The molecule has 0 saturated carbocycles. The van der Waals surface area contributed by atoms with Gasteiger partial charge in [-0.05, 0) is 6.08 Å². The molecule has 0 aromatic carbocycles. The summed E-state index contributed by atoms with van der Waals surface area (Å²) in [4.78, 5) is 14.4. The van der Waals surface area contributed by atoms with Crippen molar-refractivity contribution in [3.05, 3.63) is 12.3 Å². The van der Waals surface area contributed by atoms with Crippen LogP contribution >= 0.6 is 0 Å². The van der Waals surface area contributed by atoms with Crippen molar-refractivity contribution < 1.29 is 9.63 Å². The number of carbonyl (C=O) groups is 1. The van der Waals surface area contributed by atoms with Crippen LogP contribution in [0.4, 0.5) is 0 Å². The minimum Gasteiger partial charge on any atom is -0.365 e. The molecular formula is C5H5NO2. The Kier molecular flexibility index (Phi) is 1.42. The standard InChI is InChI=1S/C5H5NO2/c7-4-5-2-1-3-8-6-5/h1,3-4H,2H2. The van der Waals surface area contributed by atoms with Gasteiger partial charge in [0.25, 0.3) is 0 Å². The number of hydrogen-bond acceptors (Lipinski definition) is 3. The summed E-state index contributed by atoms with van der Waals surface area (Å²) in [6.45, 7) is 0. The Hall–Kier alpha value is -1.12. The molecule has 0 radical (unpaired) electrons. The lowest BCUT2D eigenvalue weighted by atomic mass is 10.3. The topological polar surface area (TPSA) is 38.7 Å². The largest absolute Gasteiger partial charge is 0.365 e. The van der Waals surface area contributed by atoms with E-state index in [1.54, 1.807) is 6.08 Å². The van der Waals surface area contributed by atoms with E-state index >= 15 is 0 Å². The third-order valence-corrected chi connectivity index (χ3v) is 0.790. The van der Waals surface area contributed by atoms with Gasteiger partial charge in [-0.2, -0.15) is 0 Å². The Morgan fingerprint density at radius 1 is 1.88 bits per heavy atom. The van der Waals surface area contributed by atoms with Crippen LogP contribution in [-0.4, -0.2) is 12.0 Å². The maximum Gasteiger partial charge on any atom is 0.167 e. The Morgan fingerprint density at radius 2 is 2.75 bits per heavy atom. The van der Waals surface area contributed by atoms with Gasteiger partial charge in [-0.15, -0.1) is 0 Å². The highest BCUT2D eigenvalue weighted by Crippen LogP contribution is 1.95. The average molecular weight is 111 g/mol. The van der Waals surface area contributed by atoms with Gasteiger partial charge < -0.3 is 4.84 Å². The maximum atomic E-state index is 9.92. The Balaban J connectivity index is 2.55. The fourth-order valence-electron chi connectivity index (χ4n) is 0.417. The first-order valence-electron chi connectivity index (χ1n) is 2.26. The fraction of sp³-hybridized carbons (Fsp3) is 0.200. The molecule has 0 fully saturated rings. The van der Waals surface area contributed by atoms with Gasteiger partial charge in [-0.3, -0.25) is 4.79 Å². The molecule has 8 heavy (non-hydrogen) atoms. The van der Waals surface area contributed by atoms with Crippen molar-refractivity contribution in [3.63, 3.8) is 0 Å². The van der Waals surface area contributed by atoms with Crippen molar-refractivity contribution in [2.75, 3.05) is 0 Å². The second kappa shape index (κ2) is 2.26. The molecule has 0 aromatic rings. The molecule has 0 spiro atoms. The predicted molar refractivity (Wildman–Crippen MR) is 28.3 cm³/mol. The number of carbonyl (C=O) groups excluding carboxylic acids is 1. The summed E-state index contributed by atoms with van der Waals surface area (Å²) in [5.41, 5.74) is 0.438. The van der Waals surface area contributed by atoms with E-state index in [4.69, 9.17) is 0 Å². The number of allylic oxidation sites excluding steroid dienone is 1. The molecule has 1 rings (SSSR count). The van der Waals surface area contributed by atoms with Gasteiger partial charge in [0, 0.05) is 6.42 Å². The van der Waals surface area contributed by atoms with Crippen molar-refractivity contribution >= 4 is 12.0 Å². The summed E-state index contributed by atoms with van der Waals surface area (Å²) < 4.78 is 0. The number of oxime groups is 1. The van der Waals surface area contributed by atoms with Gasteiger partial charge in [0.15, 0.2) is 6.29 Å². The fourth-order valence-corrected chi connectivity index (χ4v) is 0.417. The highest BCUT2D eigenvalue weighted by Gasteiger charge is 1.96. The van der Waals surface area contributed by atoms with Crippen molar-refractivity contribution in [3.8, 4) is 0 Å². The van der Waals surface area contributed by atoms with Crippen molar-refractivity contribution in [1.29, 1.82) is 0 Å². The molecule has 0 atom stereocenters. The van der Waals surface area contributed by atoms with Crippen LogP contribution in [0.25, 0.3) is 0 Å². The summed E-state index contributed by atoms with van der Waals surface area (Å²) in [7, 11) is 0. The Bertz CT molecular complexity index is 149. The van der Waals surface area contributed by atoms with E-state index in [-0.39, 0.29) is 0 Å². The monoisotopic (exact) mass is 111 g/mol. The molecule has 0 unspecified atom stereocenters. The van der Waals surface area contributed by atoms with E-state index in [1.165, 1.54) is 6.26 Å². The summed E-state index contributed by atoms with van der Waals surface area (Å²) >= 11 is 0. The maximum absolute atomic E-state index is 9.92. The SMILES string of the molecule is O=CC1=NOC=CC1. The average Bonchev–Trinajstić information content (AvgIpc) is 1.90. The molecule has 1 aliphatic rings. The first kappa shape index (κ1) is 5.03. The van der Waals surface area contributed by atoms with Gasteiger partial charge in [0.2, 0.25) is 0 Å². The van der Waals surface area contributed by atoms with Gasteiger partial charge in [0.1, 0.15) is 12.0 Å². The highest BCUT2D eigenvalue weighted by atomic mass is 16.6. The minimum atomic E-state index is 0.438. The molecule has 1 aliphatic heterocycles. The first-order chi connectivity index (χ1) is 3.93. The van der Waals surface area contributed by atoms with Gasteiger partial charge in [0.05, 0.1) is 0 Å². The molecule has 0 N–H and O–H groups in total. The quantitative estimate of drug-likeness (QED) is 0.461. The third kappa shape index (κ3) is 0.932. The van der Waals surface area contributed by atoms with Crippen LogP contribution in [-0.2, 0) is 9.63 Å². The number of nitrogens with zero attached hydrogens (tertiary/aromatic N) is 1. The van der Waals surface area contributed by atoms with Crippen molar-refractivity contribution in [2.24, 2.45) is 5.16 Å². The molecule has 3 heteroatoms. The summed E-state index contributed by atoms with van der Waals surface area (Å²) in [6.07, 6.45) is 4.46. The molecule has 42 valence electrons. The number of hydrogen-bond donors (Lipinski definition) is 0. The molecule has 0 saturated heterocycles. The van der Waals surface area contributed by atoms with Crippen LogP contribution < -0.4 is 0 Å². The third-order valence-electron chi connectivity index (χ3n) is 0.790. The van der Waals surface area contributed by atoms with E-state index in [1.807, 2.05) is 0 Å². The zero-order valence-electron chi connectivity index (χ0n) is 4.20. The van der Waals surface area contributed by atoms with E-state index in [9.17, 15) is 4.79 Å². The Labute approximate surface area is 46.6 Å². The van der Waals surface area contributed by atoms with E-state index < -0.39 is 0 Å². The molecule has 0 aliphatic carbocycles. The van der Waals surface area contributed by atoms with E-state index in [0.717, 1.165) is 0 Å². The smallest absolute Gasteiger partial charge is 0.167 e. The molecule has 0 amide bonds. The van der Waals surface area contributed by atoms with Gasteiger partial charge in [-0.1, -0.05) is 5.16 Å². The molecule has 0 aromatic heterocycles. The van der Waals surface area contributed by atoms with Crippen molar-refractivity contribution in [1.82, 2.24) is 0 Å². The zero-order chi connectivity index (χ0) is 5.82. The Morgan fingerprint density at radius 3 is 3.12 bits per heavy atom. The van der Waals surface area contributed by atoms with Crippen molar-refractivity contribution in [2.45, 2.75) is 6.42 Å². The van der Waals surface area contributed by atoms with E-state index in [2.05, 4.69) is 9.99 Å². The lowest BCUT2D eigenvalue weighted by Crippen LogP contribution is -2.00. The van der Waals surface area contributed by atoms with E-state index in [0.29, 0.717) is 18.4 Å². The van der Waals surface area contributed by atoms with Crippen LogP contribution in [0.2, 0.25) is 0 Å². The molecule has 1 heterocycles. The number of aldehydes is 1. The van der Waals surface area contributed by atoms with Gasteiger partial charge in [-0.25, -0.2) is 0 Å². The summed E-state index contributed by atoms with van der Waals surface area (Å²) in [6, 6.07) is 0. The number of rotatable bonds is 1. The second-order valence-electron chi connectivity index (χ2n) is 1.38. The predicted octanol–water partition coefficient (Wildman–Crippen LogP) is 0.475. The molecule has 0 bridgehead atoms. The van der Waals surface area contributed by atoms with Crippen LogP contribution in [0.1, 0.15) is 6.42 Å². The highest BCUT2D eigenvalue weighted by molar-refractivity contribution is 6.28. The first-order valence-corrected chi connectivity index (χ1v) is 2.26. The molecule has 3 nitrogen and oxygen atoms in total. The lowest BCUT2D eigenvalue weighted by molar-refractivity contribution is -0.102. The second-order valence-corrected chi connectivity index (χ2v) is 1.38. The zero-order valence-corrected chi connectivity index (χ0v) is 4.20. The normalized spacial score (nSPS) is 16.8. The molecular weight excluding hydrogens is 106 g/mol. The summed E-state index contributed by atoms with van der Waals surface area (Å²) in [5, 5.41) is 3.41. The van der Waals surface area contributed by atoms with Crippen LogP contribution in [0.3, 0.4) is 0 Å². The lowest BCUT2D eigenvalue weighted by Gasteiger charge is -1.96. The van der Waals surface area contributed by atoms with Crippen LogP contribution in [0, 0.1) is 0 Å².